The predicted molar refractivity (Wildman–Crippen MR) is 119 cm³/mol. The lowest BCUT2D eigenvalue weighted by molar-refractivity contribution is 0.307. The fourth-order valence-electron chi connectivity index (χ4n) is 2.47. The number of hydrogen-bond acceptors (Lipinski definition) is 6. The Morgan fingerprint density at radius 3 is 2.43 bits per heavy atom. The highest BCUT2D eigenvalue weighted by Gasteiger charge is 2.13. The fraction of sp³-hybridized carbons (Fsp3) is 0.0500. The number of benzene rings is 2. The van der Waals surface area contributed by atoms with E-state index in [0.29, 0.717) is 6.61 Å². The molecule has 140 valence electrons. The first-order valence-corrected chi connectivity index (χ1v) is 10.8. The number of hydrogen-bond donors (Lipinski definition) is 1. The Morgan fingerprint density at radius 2 is 1.64 bits per heavy atom. The summed E-state index contributed by atoms with van der Waals surface area (Å²) < 4.78 is 8.02. The molecule has 2 heterocycles. The van der Waals surface area contributed by atoms with Crippen molar-refractivity contribution >= 4 is 54.0 Å². The molecule has 4 rings (SSSR count). The van der Waals surface area contributed by atoms with Crippen LogP contribution in [-0.4, -0.2) is 15.2 Å². The van der Waals surface area contributed by atoms with Gasteiger partial charge in [0.15, 0.2) is 5.01 Å². The van der Waals surface area contributed by atoms with E-state index in [-0.39, 0.29) is 0 Å². The first kappa shape index (κ1) is 19.0. The van der Waals surface area contributed by atoms with Crippen LogP contribution in [0.5, 0.6) is 5.75 Å². The van der Waals surface area contributed by atoms with Gasteiger partial charge in [-0.15, -0.1) is 10.2 Å². The molecule has 0 unspecified atom stereocenters. The van der Waals surface area contributed by atoms with Gasteiger partial charge in [-0.2, -0.15) is 0 Å². The summed E-state index contributed by atoms with van der Waals surface area (Å²) in [6.45, 7) is 0.458. The maximum Gasteiger partial charge on any atom is 0.210 e. The molecule has 0 fully saturated rings. The monoisotopic (exact) mass is 516 g/mol. The van der Waals surface area contributed by atoms with Crippen LogP contribution in [0.3, 0.4) is 0 Å². The third-order valence-electron chi connectivity index (χ3n) is 3.84. The van der Waals surface area contributed by atoms with Crippen LogP contribution in [0.15, 0.2) is 75.9 Å². The zero-order valence-electron chi connectivity index (χ0n) is 14.5. The summed E-state index contributed by atoms with van der Waals surface area (Å²) in [7, 11) is 0. The number of nitrogens with zero attached hydrogens (tertiary/aromatic N) is 3. The number of pyridine rings is 1. The largest absolute Gasteiger partial charge is 0.488 e. The molecular weight excluding hydrogens is 504 g/mol. The maximum atomic E-state index is 6.04. The summed E-state index contributed by atoms with van der Waals surface area (Å²) in [5.41, 5.74) is 2.90. The van der Waals surface area contributed by atoms with Crippen molar-refractivity contribution in [1.29, 1.82) is 0 Å². The standard InChI is InChI=1S/C20H14Br2N4OS/c21-14-1-4-16(5-2-14)24-20-26-25-19(28-20)17-11-15(22)3-6-18(17)27-12-13-7-9-23-10-8-13/h1-11H,12H2,(H,24,26). The van der Waals surface area contributed by atoms with Gasteiger partial charge in [0.1, 0.15) is 12.4 Å². The van der Waals surface area contributed by atoms with E-state index in [2.05, 4.69) is 52.4 Å². The highest BCUT2D eigenvalue weighted by atomic mass is 79.9. The average molecular weight is 518 g/mol. The zero-order chi connectivity index (χ0) is 19.3. The van der Waals surface area contributed by atoms with E-state index >= 15 is 0 Å². The van der Waals surface area contributed by atoms with Crippen molar-refractivity contribution in [2.45, 2.75) is 6.61 Å². The average Bonchev–Trinajstić information content (AvgIpc) is 3.18. The Balaban J connectivity index is 1.55. The number of aromatic nitrogens is 3. The van der Waals surface area contributed by atoms with E-state index in [9.17, 15) is 0 Å². The van der Waals surface area contributed by atoms with Crippen LogP contribution >= 0.6 is 43.2 Å². The van der Waals surface area contributed by atoms with Crippen molar-refractivity contribution < 1.29 is 4.74 Å². The molecule has 0 saturated carbocycles. The highest BCUT2D eigenvalue weighted by Crippen LogP contribution is 2.36. The molecule has 0 aliphatic rings. The van der Waals surface area contributed by atoms with E-state index in [1.807, 2.05) is 54.6 Å². The Morgan fingerprint density at radius 1 is 0.893 bits per heavy atom. The third-order valence-corrected chi connectivity index (χ3v) is 5.73. The first-order chi connectivity index (χ1) is 13.7. The molecule has 5 nitrogen and oxygen atoms in total. The van der Waals surface area contributed by atoms with E-state index < -0.39 is 0 Å². The second kappa shape index (κ2) is 8.81. The summed E-state index contributed by atoms with van der Waals surface area (Å²) in [5.74, 6) is 0.756. The SMILES string of the molecule is Brc1ccc(Nc2nnc(-c3cc(Br)ccc3OCc3ccncc3)s2)cc1. The molecule has 2 aromatic carbocycles. The normalized spacial score (nSPS) is 10.6. The van der Waals surface area contributed by atoms with Gasteiger partial charge in [0.05, 0.1) is 5.56 Å². The molecule has 4 aromatic rings. The number of nitrogens with one attached hydrogen (secondary N) is 1. The Kier molecular flexibility index (Phi) is 5.99. The summed E-state index contributed by atoms with van der Waals surface area (Å²) in [4.78, 5) is 4.03. The Bertz CT molecular complexity index is 1070. The smallest absolute Gasteiger partial charge is 0.210 e. The van der Waals surface area contributed by atoms with Crippen molar-refractivity contribution in [1.82, 2.24) is 15.2 Å². The Labute approximate surface area is 183 Å². The molecule has 0 spiro atoms. The van der Waals surface area contributed by atoms with Crippen molar-refractivity contribution in [2.24, 2.45) is 0 Å². The lowest BCUT2D eigenvalue weighted by Gasteiger charge is -2.10. The van der Waals surface area contributed by atoms with Crippen molar-refractivity contribution in [3.8, 4) is 16.3 Å². The van der Waals surface area contributed by atoms with Gasteiger partial charge in [0.2, 0.25) is 5.13 Å². The van der Waals surface area contributed by atoms with Gasteiger partial charge in [-0.05, 0) is 60.2 Å². The second-order valence-electron chi connectivity index (χ2n) is 5.83. The third kappa shape index (κ3) is 4.76. The maximum absolute atomic E-state index is 6.04. The van der Waals surface area contributed by atoms with Gasteiger partial charge >= 0.3 is 0 Å². The van der Waals surface area contributed by atoms with Crippen molar-refractivity contribution in [3.63, 3.8) is 0 Å². The molecule has 8 heteroatoms. The first-order valence-electron chi connectivity index (χ1n) is 8.35. The number of halogens is 2. The van der Waals surface area contributed by atoms with Gasteiger partial charge < -0.3 is 10.1 Å². The van der Waals surface area contributed by atoms with Gasteiger partial charge in [-0.1, -0.05) is 43.2 Å². The number of ether oxygens (including phenoxy) is 1. The van der Waals surface area contributed by atoms with E-state index in [0.717, 1.165) is 41.6 Å². The number of anilines is 2. The van der Waals surface area contributed by atoms with Crippen LogP contribution in [-0.2, 0) is 6.61 Å². The van der Waals surface area contributed by atoms with E-state index in [1.54, 1.807) is 12.4 Å². The van der Waals surface area contributed by atoms with Crippen LogP contribution in [0.1, 0.15) is 5.56 Å². The summed E-state index contributed by atoms with van der Waals surface area (Å²) in [6, 6.07) is 17.7. The zero-order valence-corrected chi connectivity index (χ0v) is 18.5. The minimum atomic E-state index is 0.458. The van der Waals surface area contributed by atoms with Gasteiger partial charge in [-0.3, -0.25) is 4.98 Å². The van der Waals surface area contributed by atoms with Crippen LogP contribution in [0.2, 0.25) is 0 Å². The summed E-state index contributed by atoms with van der Waals surface area (Å²) >= 11 is 8.44. The molecule has 0 bridgehead atoms. The van der Waals surface area contributed by atoms with Crippen LogP contribution < -0.4 is 10.1 Å². The molecule has 0 amide bonds. The highest BCUT2D eigenvalue weighted by molar-refractivity contribution is 9.10. The molecule has 0 aliphatic heterocycles. The Hall–Kier alpha value is -2.29. The molecule has 0 saturated heterocycles. The topological polar surface area (TPSA) is 59.9 Å². The van der Waals surface area contributed by atoms with Gasteiger partial charge in [-0.25, -0.2) is 0 Å². The minimum absolute atomic E-state index is 0.458. The van der Waals surface area contributed by atoms with Crippen molar-refractivity contribution in [2.75, 3.05) is 5.32 Å². The van der Waals surface area contributed by atoms with Gasteiger partial charge in [0.25, 0.3) is 0 Å². The van der Waals surface area contributed by atoms with Crippen LogP contribution in [0.4, 0.5) is 10.8 Å². The van der Waals surface area contributed by atoms with Crippen LogP contribution in [0.25, 0.3) is 10.6 Å². The number of rotatable bonds is 6. The molecular formula is C20H14Br2N4OS. The lowest BCUT2D eigenvalue weighted by atomic mass is 10.2. The van der Waals surface area contributed by atoms with Gasteiger partial charge in [0, 0.05) is 27.0 Å². The molecule has 1 N–H and O–H groups in total. The molecule has 28 heavy (non-hydrogen) atoms. The summed E-state index contributed by atoms with van der Waals surface area (Å²) in [5, 5.41) is 13.4. The fourth-order valence-corrected chi connectivity index (χ4v) is 3.88. The minimum Gasteiger partial charge on any atom is -0.488 e. The predicted octanol–water partition coefficient (Wildman–Crippen LogP) is 6.45. The van der Waals surface area contributed by atoms with Crippen molar-refractivity contribution in [3.05, 3.63) is 81.5 Å². The molecule has 2 aromatic heterocycles. The quantitative estimate of drug-likeness (QED) is 0.318. The second-order valence-corrected chi connectivity index (χ2v) is 8.64. The lowest BCUT2D eigenvalue weighted by Crippen LogP contribution is -1.97. The van der Waals surface area contributed by atoms with E-state index in [1.165, 1.54) is 11.3 Å². The molecule has 0 aliphatic carbocycles. The summed E-state index contributed by atoms with van der Waals surface area (Å²) in [6.07, 6.45) is 3.51. The van der Waals surface area contributed by atoms with E-state index in [4.69, 9.17) is 4.74 Å². The van der Waals surface area contributed by atoms with Crippen LogP contribution in [0, 0.1) is 0 Å². The molecule has 0 atom stereocenters. The molecule has 0 radical (unpaired) electrons.